The Kier molecular flexibility index (Phi) is 7.69. The molecule has 0 radical (unpaired) electrons. The summed E-state index contributed by atoms with van der Waals surface area (Å²) in [4.78, 5) is 11.0. The number of alkyl halides is 1. The first-order valence-corrected chi connectivity index (χ1v) is 7.52. The number of carbonyl (C=O) groups is 1. The fourth-order valence-electron chi connectivity index (χ4n) is 0.810. The lowest BCUT2D eigenvalue weighted by Gasteiger charge is -2.10. The number of halogens is 1. The van der Waals surface area contributed by atoms with Crippen molar-refractivity contribution in [1.29, 1.82) is 0 Å². The van der Waals surface area contributed by atoms with Crippen LogP contribution in [0.5, 0.6) is 0 Å². The molecule has 2 N–H and O–H groups in total. The number of nitrogens with one attached hydrogen (secondary N) is 2. The number of carbonyl (C=O) groups excluding carboxylic acids is 1. The molecular weight excluding hydrogens is 300 g/mol. The summed E-state index contributed by atoms with van der Waals surface area (Å²) in [6.45, 7) is 3.56. The van der Waals surface area contributed by atoms with Crippen molar-refractivity contribution in [3.8, 4) is 0 Å². The maximum absolute atomic E-state index is 11.3. The van der Waals surface area contributed by atoms with Gasteiger partial charge >= 0.3 is 16.3 Å². The van der Waals surface area contributed by atoms with Crippen LogP contribution in [0.4, 0.5) is 4.79 Å². The SMILES string of the molecule is CC(C)OC(=O)NS(=O)(=O)NCCCCBr. The number of unbranched alkanes of at least 4 members (excludes halogenated alkanes) is 1. The van der Waals surface area contributed by atoms with Crippen molar-refractivity contribution < 1.29 is 17.9 Å². The quantitative estimate of drug-likeness (QED) is 0.544. The highest BCUT2D eigenvalue weighted by Crippen LogP contribution is 1.93. The number of hydrogen-bond acceptors (Lipinski definition) is 4. The van der Waals surface area contributed by atoms with Gasteiger partial charge in [0.05, 0.1) is 6.10 Å². The van der Waals surface area contributed by atoms with E-state index in [0.717, 1.165) is 11.8 Å². The van der Waals surface area contributed by atoms with Crippen molar-refractivity contribution >= 4 is 32.2 Å². The highest BCUT2D eigenvalue weighted by atomic mass is 79.9. The molecule has 0 bridgehead atoms. The average molecular weight is 317 g/mol. The van der Waals surface area contributed by atoms with Crippen LogP contribution in [0.15, 0.2) is 0 Å². The lowest BCUT2D eigenvalue weighted by molar-refractivity contribution is 0.121. The molecule has 0 spiro atoms. The first-order valence-electron chi connectivity index (χ1n) is 4.91. The van der Waals surface area contributed by atoms with Crippen molar-refractivity contribution in [3.63, 3.8) is 0 Å². The van der Waals surface area contributed by atoms with Gasteiger partial charge in [-0.2, -0.15) is 13.1 Å². The Morgan fingerprint density at radius 1 is 1.38 bits per heavy atom. The third-order valence-corrected chi connectivity index (χ3v) is 2.99. The number of rotatable bonds is 7. The van der Waals surface area contributed by atoms with Crippen LogP contribution in [0.1, 0.15) is 26.7 Å². The Labute approximate surface area is 104 Å². The van der Waals surface area contributed by atoms with Gasteiger partial charge in [-0.25, -0.2) is 9.52 Å². The Morgan fingerprint density at radius 2 is 2.00 bits per heavy atom. The number of hydrogen-bond donors (Lipinski definition) is 2. The Morgan fingerprint density at radius 3 is 2.50 bits per heavy atom. The molecule has 0 rings (SSSR count). The fraction of sp³-hybridized carbons (Fsp3) is 0.875. The summed E-state index contributed by atoms with van der Waals surface area (Å²) in [5.74, 6) is 0. The Bertz CT molecular complexity index is 305. The molecule has 0 fully saturated rings. The van der Waals surface area contributed by atoms with E-state index < -0.39 is 16.3 Å². The molecule has 16 heavy (non-hydrogen) atoms. The summed E-state index contributed by atoms with van der Waals surface area (Å²) in [5, 5.41) is 0.817. The summed E-state index contributed by atoms with van der Waals surface area (Å²) in [7, 11) is -3.80. The molecule has 0 aromatic rings. The molecule has 0 saturated heterocycles. The summed E-state index contributed by atoms with van der Waals surface area (Å²) < 4.78 is 31.1. The van der Waals surface area contributed by atoms with Crippen LogP contribution in [-0.4, -0.2) is 32.5 Å². The van der Waals surface area contributed by atoms with E-state index in [1.807, 2.05) is 0 Å². The monoisotopic (exact) mass is 316 g/mol. The first kappa shape index (κ1) is 15.7. The molecule has 0 aromatic heterocycles. The van der Waals surface area contributed by atoms with E-state index in [9.17, 15) is 13.2 Å². The van der Waals surface area contributed by atoms with Gasteiger partial charge in [-0.15, -0.1) is 0 Å². The maximum atomic E-state index is 11.3. The maximum Gasteiger partial charge on any atom is 0.422 e. The van der Waals surface area contributed by atoms with Crippen molar-refractivity contribution in [2.45, 2.75) is 32.8 Å². The highest BCUT2D eigenvalue weighted by Gasteiger charge is 2.15. The molecule has 96 valence electrons. The van der Waals surface area contributed by atoms with E-state index in [-0.39, 0.29) is 12.6 Å². The van der Waals surface area contributed by atoms with Gasteiger partial charge in [-0.1, -0.05) is 15.9 Å². The third-order valence-electron chi connectivity index (χ3n) is 1.41. The Balaban J connectivity index is 3.91. The van der Waals surface area contributed by atoms with E-state index in [1.165, 1.54) is 0 Å². The van der Waals surface area contributed by atoms with Crippen LogP contribution in [-0.2, 0) is 14.9 Å². The van der Waals surface area contributed by atoms with E-state index in [0.29, 0.717) is 6.42 Å². The van der Waals surface area contributed by atoms with Crippen molar-refractivity contribution in [2.24, 2.45) is 0 Å². The predicted octanol–water partition coefficient (Wildman–Crippen LogP) is 1.13. The first-order chi connectivity index (χ1) is 7.37. The molecular formula is C8H17BrN2O4S. The third kappa shape index (κ3) is 8.93. The van der Waals surface area contributed by atoms with Crippen LogP contribution >= 0.6 is 15.9 Å². The summed E-state index contributed by atoms with van der Waals surface area (Å²) in [5.41, 5.74) is 0. The topological polar surface area (TPSA) is 84.5 Å². The van der Waals surface area contributed by atoms with Crippen molar-refractivity contribution in [2.75, 3.05) is 11.9 Å². The van der Waals surface area contributed by atoms with Gasteiger partial charge in [0.25, 0.3) is 0 Å². The second-order valence-corrected chi connectivity index (χ2v) is 5.64. The van der Waals surface area contributed by atoms with Gasteiger partial charge in [0.15, 0.2) is 0 Å². The molecule has 0 heterocycles. The van der Waals surface area contributed by atoms with E-state index in [2.05, 4.69) is 25.4 Å². The van der Waals surface area contributed by atoms with Crippen LogP contribution in [0.2, 0.25) is 0 Å². The Hall–Kier alpha value is -0.340. The zero-order valence-corrected chi connectivity index (χ0v) is 11.7. The molecule has 0 aliphatic carbocycles. The minimum Gasteiger partial charge on any atom is -0.446 e. The standard InChI is InChI=1S/C8H17BrN2O4S/c1-7(2)15-8(12)11-16(13,14)10-6-4-3-5-9/h7,10H,3-6H2,1-2H3,(H,11,12). The van der Waals surface area contributed by atoms with Crippen LogP contribution in [0.25, 0.3) is 0 Å². The van der Waals surface area contributed by atoms with Gasteiger partial charge in [0.1, 0.15) is 0 Å². The van der Waals surface area contributed by atoms with Gasteiger partial charge in [-0.05, 0) is 26.7 Å². The van der Waals surface area contributed by atoms with Gasteiger partial charge < -0.3 is 4.74 Å². The molecule has 0 aliphatic rings. The van der Waals surface area contributed by atoms with Gasteiger partial charge in [0.2, 0.25) is 0 Å². The highest BCUT2D eigenvalue weighted by molar-refractivity contribution is 9.09. The van der Waals surface area contributed by atoms with E-state index in [4.69, 9.17) is 0 Å². The van der Waals surface area contributed by atoms with Crippen molar-refractivity contribution in [1.82, 2.24) is 9.44 Å². The molecule has 0 unspecified atom stereocenters. The molecule has 0 aromatic carbocycles. The average Bonchev–Trinajstić information content (AvgIpc) is 2.10. The summed E-state index contributed by atoms with van der Waals surface area (Å²) in [6.07, 6.45) is 0.233. The smallest absolute Gasteiger partial charge is 0.422 e. The van der Waals surface area contributed by atoms with Gasteiger partial charge in [-0.3, -0.25) is 0 Å². The molecule has 0 aliphatic heterocycles. The second-order valence-electron chi connectivity index (χ2n) is 3.35. The van der Waals surface area contributed by atoms with E-state index in [1.54, 1.807) is 18.6 Å². The van der Waals surface area contributed by atoms with Crippen LogP contribution in [0, 0.1) is 0 Å². The lowest BCUT2D eigenvalue weighted by atomic mass is 10.3. The predicted molar refractivity (Wildman–Crippen MR) is 64.7 cm³/mol. The zero-order valence-electron chi connectivity index (χ0n) is 9.32. The second kappa shape index (κ2) is 7.86. The van der Waals surface area contributed by atoms with Gasteiger partial charge in [0, 0.05) is 11.9 Å². The normalized spacial score (nSPS) is 11.5. The number of amides is 1. The minimum atomic E-state index is -3.80. The molecule has 8 heteroatoms. The van der Waals surface area contributed by atoms with Crippen LogP contribution in [0.3, 0.4) is 0 Å². The largest absolute Gasteiger partial charge is 0.446 e. The minimum absolute atomic E-state index is 0.288. The van der Waals surface area contributed by atoms with Crippen molar-refractivity contribution in [3.05, 3.63) is 0 Å². The summed E-state index contributed by atoms with van der Waals surface area (Å²) >= 11 is 3.23. The number of ether oxygens (including phenoxy) is 1. The van der Waals surface area contributed by atoms with E-state index >= 15 is 0 Å². The molecule has 0 atom stereocenters. The molecule has 6 nitrogen and oxygen atoms in total. The molecule has 1 amide bonds. The zero-order chi connectivity index (χ0) is 12.6. The molecule has 0 saturated carbocycles. The summed E-state index contributed by atoms with van der Waals surface area (Å²) in [6, 6.07) is 0. The lowest BCUT2D eigenvalue weighted by Crippen LogP contribution is -2.41. The fourth-order valence-corrected chi connectivity index (χ4v) is 1.96. The van der Waals surface area contributed by atoms with Crippen LogP contribution < -0.4 is 9.44 Å².